The van der Waals surface area contributed by atoms with Crippen molar-refractivity contribution in [3.63, 3.8) is 0 Å². The van der Waals surface area contributed by atoms with E-state index in [9.17, 15) is 0 Å². The summed E-state index contributed by atoms with van der Waals surface area (Å²) in [4.78, 5) is 4.57. The fourth-order valence-corrected chi connectivity index (χ4v) is 2.55. The zero-order valence-corrected chi connectivity index (χ0v) is 12.9. The van der Waals surface area contributed by atoms with Crippen molar-refractivity contribution in [3.05, 3.63) is 38.6 Å². The smallest absolute Gasteiger partial charge is 0.0945 e. The first-order chi connectivity index (χ1) is 8.20. The number of nitrogens with one attached hydrogen (secondary N) is 1. The van der Waals surface area contributed by atoms with Gasteiger partial charge in [-0.2, -0.15) is 0 Å². The van der Waals surface area contributed by atoms with Crippen LogP contribution in [0.25, 0.3) is 11.3 Å². The molecule has 1 aromatic heterocycles. The number of likely N-dealkylation sites (N-methyl/N-ethyl adjacent to an activating group) is 1. The zero-order chi connectivity index (χ0) is 12.3. The highest BCUT2D eigenvalue weighted by Crippen LogP contribution is 2.29. The fourth-order valence-electron chi connectivity index (χ4n) is 1.45. The average molecular weight is 324 g/mol. The second-order valence-corrected chi connectivity index (χ2v) is 5.37. The van der Waals surface area contributed by atoms with Gasteiger partial charge in [-0.3, -0.25) is 0 Å². The molecule has 0 amide bonds. The number of aromatic nitrogens is 1. The van der Waals surface area contributed by atoms with Crippen molar-refractivity contribution in [1.82, 2.24) is 10.3 Å². The number of rotatable bonds is 4. The molecule has 0 unspecified atom stereocenters. The molecular weight excluding hydrogens is 311 g/mol. The minimum absolute atomic E-state index is 0. The van der Waals surface area contributed by atoms with Gasteiger partial charge in [0.2, 0.25) is 0 Å². The average Bonchev–Trinajstić information content (AvgIpc) is 2.79. The van der Waals surface area contributed by atoms with Gasteiger partial charge < -0.3 is 5.32 Å². The van der Waals surface area contributed by atoms with Crippen molar-refractivity contribution in [1.29, 1.82) is 0 Å². The van der Waals surface area contributed by atoms with E-state index in [1.807, 2.05) is 24.6 Å². The summed E-state index contributed by atoms with van der Waals surface area (Å²) in [7, 11) is 1.94. The van der Waals surface area contributed by atoms with E-state index in [0.717, 1.165) is 29.2 Å². The lowest BCUT2D eigenvalue weighted by atomic mass is 10.2. The molecule has 1 aromatic carbocycles. The summed E-state index contributed by atoms with van der Waals surface area (Å²) in [6.07, 6.45) is 0.947. The summed E-state index contributed by atoms with van der Waals surface area (Å²) in [5.41, 5.74) is 1.96. The van der Waals surface area contributed by atoms with E-state index >= 15 is 0 Å². The molecule has 18 heavy (non-hydrogen) atoms. The highest BCUT2D eigenvalue weighted by Gasteiger charge is 2.06. The fraction of sp³-hybridized carbons (Fsp3) is 0.250. The van der Waals surface area contributed by atoms with Gasteiger partial charge >= 0.3 is 0 Å². The highest BCUT2D eigenvalue weighted by molar-refractivity contribution is 7.09. The number of hydrogen-bond donors (Lipinski definition) is 1. The first-order valence-electron chi connectivity index (χ1n) is 5.25. The molecule has 1 N–H and O–H groups in total. The molecule has 0 aliphatic rings. The van der Waals surface area contributed by atoms with E-state index in [2.05, 4.69) is 10.3 Å². The van der Waals surface area contributed by atoms with Crippen molar-refractivity contribution in [3.8, 4) is 11.3 Å². The Hall–Kier alpha value is -0.320. The lowest BCUT2D eigenvalue weighted by Gasteiger charge is -1.99. The highest BCUT2D eigenvalue weighted by atomic mass is 35.5. The number of halogens is 3. The van der Waals surface area contributed by atoms with Gasteiger partial charge in [0.25, 0.3) is 0 Å². The van der Waals surface area contributed by atoms with Crippen LogP contribution in [0.3, 0.4) is 0 Å². The number of hydrogen-bond acceptors (Lipinski definition) is 3. The molecule has 2 aromatic rings. The van der Waals surface area contributed by atoms with Gasteiger partial charge in [0.15, 0.2) is 0 Å². The molecule has 0 saturated heterocycles. The molecule has 1 heterocycles. The van der Waals surface area contributed by atoms with Crippen molar-refractivity contribution < 1.29 is 0 Å². The Kier molecular flexibility index (Phi) is 6.39. The molecule has 0 aliphatic carbocycles. The van der Waals surface area contributed by atoms with Gasteiger partial charge in [-0.1, -0.05) is 29.3 Å². The Morgan fingerprint density at radius 2 is 2.06 bits per heavy atom. The van der Waals surface area contributed by atoms with Gasteiger partial charge in [-0.15, -0.1) is 23.7 Å². The van der Waals surface area contributed by atoms with Crippen LogP contribution in [0, 0.1) is 0 Å². The van der Waals surface area contributed by atoms with Gasteiger partial charge in [-0.25, -0.2) is 4.98 Å². The van der Waals surface area contributed by atoms with E-state index < -0.39 is 0 Å². The minimum Gasteiger partial charge on any atom is -0.319 e. The lowest BCUT2D eigenvalue weighted by molar-refractivity contribution is 0.788. The predicted octanol–water partition coefficient (Wildman–Crippen LogP) is 4.30. The van der Waals surface area contributed by atoms with Crippen LogP contribution in [0.2, 0.25) is 10.0 Å². The largest absolute Gasteiger partial charge is 0.319 e. The van der Waals surface area contributed by atoms with E-state index in [-0.39, 0.29) is 12.4 Å². The molecule has 2 nitrogen and oxygen atoms in total. The summed E-state index contributed by atoms with van der Waals surface area (Å²) in [6.45, 7) is 0.939. The van der Waals surface area contributed by atoms with E-state index in [1.165, 1.54) is 0 Å². The van der Waals surface area contributed by atoms with Crippen molar-refractivity contribution in [2.45, 2.75) is 6.42 Å². The van der Waals surface area contributed by atoms with Crippen molar-refractivity contribution in [2.75, 3.05) is 13.6 Å². The summed E-state index contributed by atoms with van der Waals surface area (Å²) < 4.78 is 0. The van der Waals surface area contributed by atoms with E-state index in [0.29, 0.717) is 10.0 Å². The van der Waals surface area contributed by atoms with Gasteiger partial charge in [0, 0.05) is 23.9 Å². The molecule has 0 fully saturated rings. The van der Waals surface area contributed by atoms with E-state index in [4.69, 9.17) is 23.2 Å². The number of nitrogens with zero attached hydrogens (tertiary/aromatic N) is 1. The van der Waals surface area contributed by atoms with Gasteiger partial charge in [-0.05, 0) is 19.2 Å². The van der Waals surface area contributed by atoms with Crippen LogP contribution < -0.4 is 5.32 Å². The topological polar surface area (TPSA) is 24.9 Å². The van der Waals surface area contributed by atoms with Crippen molar-refractivity contribution >= 4 is 46.9 Å². The van der Waals surface area contributed by atoms with Crippen LogP contribution >= 0.6 is 46.9 Å². The second-order valence-electron chi connectivity index (χ2n) is 3.61. The molecule has 6 heteroatoms. The Labute approximate surface area is 127 Å². The van der Waals surface area contributed by atoms with Crippen LogP contribution in [-0.4, -0.2) is 18.6 Å². The maximum absolute atomic E-state index is 5.99. The summed E-state index contributed by atoms with van der Waals surface area (Å²) in [5, 5.41) is 7.42. The van der Waals surface area contributed by atoms with Gasteiger partial charge in [0.05, 0.1) is 20.7 Å². The lowest BCUT2D eigenvalue weighted by Crippen LogP contribution is -2.09. The monoisotopic (exact) mass is 322 g/mol. The Balaban J connectivity index is 0.00000162. The maximum atomic E-state index is 5.99. The standard InChI is InChI=1S/C12H12Cl2N2S.ClH/c1-15-5-4-12-16-11(7-17-12)8-2-3-9(13)10(14)6-8;/h2-3,6-7,15H,4-5H2,1H3;1H. The van der Waals surface area contributed by atoms with E-state index in [1.54, 1.807) is 17.4 Å². The number of thiazole rings is 1. The van der Waals surface area contributed by atoms with Crippen LogP contribution in [0.4, 0.5) is 0 Å². The zero-order valence-electron chi connectivity index (χ0n) is 9.74. The van der Waals surface area contributed by atoms with Crippen LogP contribution in [0.1, 0.15) is 5.01 Å². The summed E-state index contributed by atoms with van der Waals surface area (Å²) in [6, 6.07) is 5.58. The Morgan fingerprint density at radius 1 is 1.28 bits per heavy atom. The molecule has 0 radical (unpaired) electrons. The molecule has 0 spiro atoms. The molecule has 98 valence electrons. The minimum atomic E-state index is 0. The molecule has 0 saturated carbocycles. The molecule has 0 atom stereocenters. The quantitative estimate of drug-likeness (QED) is 0.907. The van der Waals surface area contributed by atoms with Crippen LogP contribution in [0.5, 0.6) is 0 Å². The Bertz CT molecular complexity index is 514. The molecule has 2 rings (SSSR count). The third-order valence-corrected chi connectivity index (χ3v) is 4.00. The third-order valence-electron chi connectivity index (χ3n) is 2.36. The maximum Gasteiger partial charge on any atom is 0.0945 e. The normalized spacial score (nSPS) is 10.2. The van der Waals surface area contributed by atoms with Crippen LogP contribution in [-0.2, 0) is 6.42 Å². The summed E-state index contributed by atoms with van der Waals surface area (Å²) in [5.74, 6) is 0. The number of benzene rings is 1. The second kappa shape index (κ2) is 7.31. The third kappa shape index (κ3) is 3.84. The van der Waals surface area contributed by atoms with Crippen molar-refractivity contribution in [2.24, 2.45) is 0 Å². The Morgan fingerprint density at radius 3 is 2.72 bits per heavy atom. The summed E-state index contributed by atoms with van der Waals surface area (Å²) >= 11 is 13.5. The molecule has 0 bridgehead atoms. The molecular formula is C12H13Cl3N2S. The molecule has 0 aliphatic heterocycles. The first kappa shape index (κ1) is 15.7. The SMILES string of the molecule is CNCCc1nc(-c2ccc(Cl)c(Cl)c2)cs1.Cl. The first-order valence-corrected chi connectivity index (χ1v) is 6.88. The van der Waals surface area contributed by atoms with Gasteiger partial charge in [0.1, 0.15) is 0 Å². The van der Waals surface area contributed by atoms with Crippen LogP contribution in [0.15, 0.2) is 23.6 Å². The predicted molar refractivity (Wildman–Crippen MR) is 82.4 cm³/mol.